The van der Waals surface area contributed by atoms with Gasteiger partial charge in [0, 0.05) is 18.3 Å². The molecule has 1 N–H and O–H groups in total. The number of piperidine rings is 1. The van der Waals surface area contributed by atoms with E-state index in [1.165, 1.54) is 0 Å². The summed E-state index contributed by atoms with van der Waals surface area (Å²) in [5, 5.41) is 3.84. The third-order valence-corrected chi connectivity index (χ3v) is 2.44. The minimum atomic E-state index is -0.325. The Morgan fingerprint density at radius 2 is 2.29 bits per heavy atom. The molecule has 1 aliphatic rings. The molecule has 1 aliphatic heterocycles. The van der Waals surface area contributed by atoms with Crippen molar-refractivity contribution >= 4 is 5.91 Å². The molecule has 1 amide bonds. The fourth-order valence-corrected chi connectivity index (χ4v) is 1.72. The maximum absolute atomic E-state index is 11.4. The van der Waals surface area contributed by atoms with E-state index in [4.69, 9.17) is 0 Å². The molecular weight excluding hydrogens is 180 g/mol. The molecule has 1 saturated heterocycles. The Hall–Kier alpha value is -1.58. The van der Waals surface area contributed by atoms with Crippen LogP contribution in [0.15, 0.2) is 23.1 Å². The van der Waals surface area contributed by atoms with Gasteiger partial charge in [-0.1, -0.05) is 6.07 Å². The zero-order valence-corrected chi connectivity index (χ0v) is 7.69. The van der Waals surface area contributed by atoms with Crippen LogP contribution >= 0.6 is 0 Å². The van der Waals surface area contributed by atoms with Gasteiger partial charge in [-0.25, -0.2) is 0 Å². The van der Waals surface area contributed by atoms with Crippen molar-refractivity contribution in [3.05, 3.63) is 34.2 Å². The van der Waals surface area contributed by atoms with Crippen molar-refractivity contribution in [3.8, 4) is 0 Å². The van der Waals surface area contributed by atoms with Gasteiger partial charge in [0.1, 0.15) is 0 Å². The first-order valence-electron chi connectivity index (χ1n) is 4.68. The number of aromatic nitrogens is 1. The average Bonchev–Trinajstić information content (AvgIpc) is 2.20. The van der Waals surface area contributed by atoms with Crippen molar-refractivity contribution in [1.29, 1.82) is 0 Å². The van der Waals surface area contributed by atoms with Gasteiger partial charge in [0.15, 0.2) is 0 Å². The third kappa shape index (κ3) is 1.55. The Labute approximate surface area is 81.3 Å². The van der Waals surface area contributed by atoms with Crippen LogP contribution in [0.1, 0.15) is 24.3 Å². The van der Waals surface area contributed by atoms with Gasteiger partial charge in [0.25, 0.3) is 5.56 Å². The first-order chi connectivity index (χ1) is 6.79. The first kappa shape index (κ1) is 8.99. The first-order valence-corrected chi connectivity index (χ1v) is 4.68. The van der Waals surface area contributed by atoms with Crippen LogP contribution in [0.5, 0.6) is 0 Å². The highest BCUT2D eigenvalue weighted by molar-refractivity contribution is 5.83. The van der Waals surface area contributed by atoms with Crippen molar-refractivity contribution < 1.29 is 4.79 Å². The lowest BCUT2D eigenvalue weighted by atomic mass is 9.92. The molecule has 1 atom stereocenters. The van der Waals surface area contributed by atoms with E-state index in [0.29, 0.717) is 12.1 Å². The summed E-state index contributed by atoms with van der Waals surface area (Å²) in [7, 11) is 0. The van der Waals surface area contributed by atoms with Gasteiger partial charge in [-0.05, 0) is 18.9 Å². The second-order valence-corrected chi connectivity index (χ2v) is 3.37. The van der Waals surface area contributed by atoms with E-state index >= 15 is 0 Å². The number of amides is 1. The molecule has 0 bridgehead atoms. The summed E-state index contributed by atoms with van der Waals surface area (Å²) < 4.78 is 0. The molecule has 1 radical (unpaired) electrons. The fraction of sp³-hybridized carbons (Fsp3) is 0.400. The number of carbonyl (C=O) groups excluding carboxylic acids is 1. The molecule has 1 fully saturated rings. The Morgan fingerprint density at radius 1 is 1.43 bits per heavy atom. The van der Waals surface area contributed by atoms with E-state index in [0.717, 1.165) is 12.8 Å². The lowest BCUT2D eigenvalue weighted by Gasteiger charge is -2.19. The molecule has 1 aromatic heterocycles. The Kier molecular flexibility index (Phi) is 2.35. The van der Waals surface area contributed by atoms with Crippen molar-refractivity contribution in [2.45, 2.75) is 18.8 Å². The quantitative estimate of drug-likeness (QED) is 0.697. The lowest BCUT2D eigenvalue weighted by Crippen LogP contribution is -2.32. The van der Waals surface area contributed by atoms with Gasteiger partial charge >= 0.3 is 0 Å². The number of aromatic amines is 1. The highest BCUT2D eigenvalue weighted by Gasteiger charge is 2.26. The number of pyridine rings is 1. The van der Waals surface area contributed by atoms with Crippen LogP contribution in [0.3, 0.4) is 0 Å². The van der Waals surface area contributed by atoms with Crippen LogP contribution in [0.4, 0.5) is 0 Å². The summed E-state index contributed by atoms with van der Waals surface area (Å²) in [5.41, 5.74) is 0.365. The molecule has 4 heteroatoms. The molecular formula is C10H11N2O2. The van der Waals surface area contributed by atoms with E-state index in [9.17, 15) is 9.59 Å². The van der Waals surface area contributed by atoms with Crippen LogP contribution in [-0.2, 0) is 4.79 Å². The largest absolute Gasteiger partial charge is 0.329 e. The van der Waals surface area contributed by atoms with Crippen LogP contribution in [0, 0.1) is 0 Å². The zero-order valence-electron chi connectivity index (χ0n) is 7.69. The lowest BCUT2D eigenvalue weighted by molar-refractivity contribution is -0.124. The number of hydrogen-bond acceptors (Lipinski definition) is 2. The molecule has 0 aliphatic carbocycles. The van der Waals surface area contributed by atoms with Crippen molar-refractivity contribution in [2.75, 3.05) is 6.54 Å². The number of nitrogens with one attached hydrogen (secondary N) is 1. The van der Waals surface area contributed by atoms with Crippen LogP contribution < -0.4 is 10.9 Å². The van der Waals surface area contributed by atoms with E-state index in [-0.39, 0.29) is 17.4 Å². The van der Waals surface area contributed by atoms with E-state index in [1.807, 2.05) is 0 Å². The molecule has 0 saturated carbocycles. The third-order valence-electron chi connectivity index (χ3n) is 2.44. The summed E-state index contributed by atoms with van der Waals surface area (Å²) in [6, 6.07) is 3.43. The Balaban J connectivity index is 2.34. The molecule has 2 heterocycles. The molecule has 1 aromatic rings. The topological polar surface area (TPSA) is 64.0 Å². The molecule has 0 aromatic carbocycles. The Morgan fingerprint density at radius 3 is 3.00 bits per heavy atom. The predicted octanol–water partition coefficient (Wildman–Crippen LogP) is 0.383. The van der Waals surface area contributed by atoms with Crippen molar-refractivity contribution in [2.24, 2.45) is 0 Å². The van der Waals surface area contributed by atoms with E-state index in [1.54, 1.807) is 18.3 Å². The molecule has 0 spiro atoms. The van der Waals surface area contributed by atoms with Gasteiger partial charge in [-0.3, -0.25) is 14.9 Å². The van der Waals surface area contributed by atoms with Crippen LogP contribution in [0.25, 0.3) is 0 Å². The van der Waals surface area contributed by atoms with Gasteiger partial charge in [0.2, 0.25) is 5.91 Å². The molecule has 14 heavy (non-hydrogen) atoms. The summed E-state index contributed by atoms with van der Waals surface area (Å²) in [6.45, 7) is 0.597. The number of hydrogen-bond donors (Lipinski definition) is 1. The van der Waals surface area contributed by atoms with Gasteiger partial charge in [-0.2, -0.15) is 0 Å². The molecule has 73 valence electrons. The Bertz CT molecular complexity index is 397. The minimum Gasteiger partial charge on any atom is -0.329 e. The number of rotatable bonds is 1. The highest BCUT2D eigenvalue weighted by atomic mass is 16.2. The van der Waals surface area contributed by atoms with Crippen LogP contribution in [0.2, 0.25) is 0 Å². The molecule has 4 nitrogen and oxygen atoms in total. The number of carbonyl (C=O) groups is 1. The number of nitrogens with zero attached hydrogens (tertiary/aromatic N) is 1. The summed E-state index contributed by atoms with van der Waals surface area (Å²) in [4.78, 5) is 25.4. The van der Waals surface area contributed by atoms with Gasteiger partial charge in [0.05, 0.1) is 5.92 Å². The summed E-state index contributed by atoms with van der Waals surface area (Å²) >= 11 is 0. The van der Waals surface area contributed by atoms with Crippen molar-refractivity contribution in [3.63, 3.8) is 0 Å². The SMILES string of the molecule is O=C1[N]CCCC1c1ccc[nH]c1=O. The second-order valence-electron chi connectivity index (χ2n) is 3.37. The van der Waals surface area contributed by atoms with E-state index in [2.05, 4.69) is 10.3 Å². The van der Waals surface area contributed by atoms with E-state index < -0.39 is 0 Å². The monoisotopic (exact) mass is 191 g/mol. The fourth-order valence-electron chi connectivity index (χ4n) is 1.72. The summed E-state index contributed by atoms with van der Waals surface area (Å²) in [6.07, 6.45) is 3.18. The van der Waals surface area contributed by atoms with Gasteiger partial charge < -0.3 is 4.98 Å². The summed E-state index contributed by atoms with van der Waals surface area (Å²) in [5.74, 6) is -0.485. The van der Waals surface area contributed by atoms with Gasteiger partial charge in [-0.15, -0.1) is 0 Å². The normalized spacial score (nSPS) is 21.7. The number of H-pyrrole nitrogens is 1. The second kappa shape index (κ2) is 3.65. The standard InChI is InChI=1S/C10H11N2O2/c13-9-7(3-1-5-11-9)8-4-2-6-12-10(8)14/h1,3,5,8H,2,4,6H2,(H,11,13). The molecule has 1 unspecified atom stereocenters. The highest BCUT2D eigenvalue weighted by Crippen LogP contribution is 2.21. The zero-order chi connectivity index (χ0) is 9.97. The smallest absolute Gasteiger partial charge is 0.251 e. The average molecular weight is 191 g/mol. The van der Waals surface area contributed by atoms with Crippen LogP contribution in [-0.4, -0.2) is 17.4 Å². The van der Waals surface area contributed by atoms with Crippen molar-refractivity contribution in [1.82, 2.24) is 10.3 Å². The minimum absolute atomic E-state index is 0.159. The predicted molar refractivity (Wildman–Crippen MR) is 51.0 cm³/mol. The maximum atomic E-state index is 11.4. The maximum Gasteiger partial charge on any atom is 0.251 e. The molecule has 2 rings (SSSR count).